The van der Waals surface area contributed by atoms with Crippen LogP contribution in [0.2, 0.25) is 0 Å². The molecule has 5 heteroatoms. The highest BCUT2D eigenvalue weighted by Crippen LogP contribution is 1.76. The van der Waals surface area contributed by atoms with Crippen molar-refractivity contribution in [1.29, 1.82) is 0 Å². The van der Waals surface area contributed by atoms with Crippen molar-refractivity contribution < 1.29 is 19.8 Å². The van der Waals surface area contributed by atoms with E-state index in [0.717, 1.165) is 6.08 Å². The van der Waals surface area contributed by atoms with Gasteiger partial charge in [-0.15, -0.1) is 0 Å². The third-order valence-electron chi connectivity index (χ3n) is 0.864. The second-order valence-corrected chi connectivity index (χ2v) is 1.75. The third kappa shape index (κ3) is 6.36. The van der Waals surface area contributed by atoms with E-state index in [1.54, 1.807) is 0 Å². The number of rotatable bonds is 4. The topological polar surface area (TPSA) is 86.6 Å². The van der Waals surface area contributed by atoms with Crippen molar-refractivity contribution >= 4 is 11.9 Å². The third-order valence-corrected chi connectivity index (χ3v) is 0.864. The molecule has 0 fully saturated rings. The Morgan fingerprint density at radius 3 is 2.55 bits per heavy atom. The van der Waals surface area contributed by atoms with Crippen molar-refractivity contribution in [2.24, 2.45) is 0 Å². The summed E-state index contributed by atoms with van der Waals surface area (Å²) >= 11 is 0. The zero-order chi connectivity index (χ0) is 8.69. The van der Waals surface area contributed by atoms with Gasteiger partial charge in [0, 0.05) is 12.6 Å². The lowest BCUT2D eigenvalue weighted by Gasteiger charge is -1.96. The van der Waals surface area contributed by atoms with Crippen molar-refractivity contribution in [3.63, 3.8) is 0 Å². The molecule has 0 spiro atoms. The van der Waals surface area contributed by atoms with Crippen LogP contribution in [0.15, 0.2) is 12.3 Å². The fraction of sp³-hybridized carbons (Fsp3) is 0.333. The maximum Gasteiger partial charge on any atom is 0.305 e. The van der Waals surface area contributed by atoms with Crippen LogP contribution >= 0.6 is 0 Å². The van der Waals surface area contributed by atoms with E-state index >= 15 is 0 Å². The summed E-state index contributed by atoms with van der Waals surface area (Å²) in [5.41, 5.74) is 0. The zero-order valence-corrected chi connectivity index (χ0v) is 5.78. The first-order valence-electron chi connectivity index (χ1n) is 2.97. The van der Waals surface area contributed by atoms with Gasteiger partial charge in [0.05, 0.1) is 12.7 Å². The highest BCUT2D eigenvalue weighted by atomic mass is 16.4. The Morgan fingerprint density at radius 2 is 2.09 bits per heavy atom. The Labute approximate surface area is 63.3 Å². The van der Waals surface area contributed by atoms with Gasteiger partial charge in [-0.25, -0.2) is 0 Å². The fourth-order valence-corrected chi connectivity index (χ4v) is 0.419. The number of nitrogens with one attached hydrogen (secondary N) is 1. The Bertz CT molecular complexity index is 175. The van der Waals surface area contributed by atoms with Crippen LogP contribution < -0.4 is 5.32 Å². The molecule has 11 heavy (non-hydrogen) atoms. The van der Waals surface area contributed by atoms with Crippen LogP contribution in [-0.2, 0) is 9.59 Å². The molecule has 0 aromatic heterocycles. The number of carboxylic acid groups (broad SMARTS) is 1. The van der Waals surface area contributed by atoms with Gasteiger partial charge in [0.25, 0.3) is 0 Å². The normalized spacial score (nSPS) is 9.82. The van der Waals surface area contributed by atoms with Crippen molar-refractivity contribution in [3.8, 4) is 0 Å². The second-order valence-electron chi connectivity index (χ2n) is 1.75. The van der Waals surface area contributed by atoms with Crippen LogP contribution in [0.4, 0.5) is 0 Å². The van der Waals surface area contributed by atoms with Gasteiger partial charge in [-0.3, -0.25) is 9.59 Å². The summed E-state index contributed by atoms with van der Waals surface area (Å²) in [5, 5.41) is 18.5. The average Bonchev–Trinajstić information content (AvgIpc) is 1.87. The minimum absolute atomic E-state index is 0.0680. The Kier molecular flexibility index (Phi) is 4.55. The number of aliphatic carboxylic acids is 1. The van der Waals surface area contributed by atoms with Gasteiger partial charge in [0.2, 0.25) is 5.91 Å². The van der Waals surface area contributed by atoms with E-state index in [-0.39, 0.29) is 13.0 Å². The molecule has 5 nitrogen and oxygen atoms in total. The number of amides is 1. The van der Waals surface area contributed by atoms with Crippen molar-refractivity contribution in [3.05, 3.63) is 12.3 Å². The van der Waals surface area contributed by atoms with E-state index in [1.165, 1.54) is 0 Å². The summed E-state index contributed by atoms with van der Waals surface area (Å²) in [5.74, 6) is -1.48. The summed E-state index contributed by atoms with van der Waals surface area (Å²) in [6.07, 6.45) is 1.38. The van der Waals surface area contributed by atoms with E-state index in [4.69, 9.17) is 10.2 Å². The molecule has 0 aromatic rings. The van der Waals surface area contributed by atoms with Crippen LogP contribution in [0, 0.1) is 0 Å². The van der Waals surface area contributed by atoms with Gasteiger partial charge < -0.3 is 15.5 Å². The number of carbonyl (C=O) groups is 2. The molecule has 0 bridgehead atoms. The molecule has 0 saturated heterocycles. The quantitative estimate of drug-likeness (QED) is 0.386. The number of hydrogen-bond acceptors (Lipinski definition) is 3. The van der Waals surface area contributed by atoms with E-state index in [1.807, 2.05) is 0 Å². The molecule has 3 N–H and O–H groups in total. The summed E-state index contributed by atoms with van der Waals surface area (Å²) in [6, 6.07) is 0. The summed E-state index contributed by atoms with van der Waals surface area (Å²) in [4.78, 5) is 20.4. The molecule has 0 aliphatic rings. The van der Waals surface area contributed by atoms with Gasteiger partial charge in [0.15, 0.2) is 0 Å². The molecule has 0 atom stereocenters. The average molecular weight is 159 g/mol. The van der Waals surface area contributed by atoms with Gasteiger partial charge >= 0.3 is 5.97 Å². The maximum absolute atomic E-state index is 10.5. The predicted molar refractivity (Wildman–Crippen MR) is 37.0 cm³/mol. The van der Waals surface area contributed by atoms with E-state index < -0.39 is 11.9 Å². The van der Waals surface area contributed by atoms with Crippen LogP contribution in [0.3, 0.4) is 0 Å². The standard InChI is InChI=1S/C6H9NO4/c8-4-2-5(9)7-3-1-6(10)11/h2,4,8H,1,3H2,(H,7,9)(H,10,11)/b4-2+. The van der Waals surface area contributed by atoms with Crippen LogP contribution in [0.1, 0.15) is 6.42 Å². The summed E-state index contributed by atoms with van der Waals surface area (Å²) in [7, 11) is 0. The maximum atomic E-state index is 10.5. The fourth-order valence-electron chi connectivity index (χ4n) is 0.419. The predicted octanol–water partition coefficient (Wildman–Crippen LogP) is -0.351. The molecule has 0 rings (SSSR count). The highest BCUT2D eigenvalue weighted by Gasteiger charge is 1.97. The molecule has 1 amide bonds. The molecule has 0 aromatic carbocycles. The molecule has 0 heterocycles. The first-order chi connectivity index (χ1) is 5.16. The Balaban J connectivity index is 3.39. The first kappa shape index (κ1) is 9.48. The van der Waals surface area contributed by atoms with E-state index in [9.17, 15) is 9.59 Å². The molecule has 0 radical (unpaired) electrons. The molecule has 0 saturated carbocycles. The van der Waals surface area contributed by atoms with Crippen LogP contribution in [0.25, 0.3) is 0 Å². The summed E-state index contributed by atoms with van der Waals surface area (Å²) in [6.45, 7) is 0.0680. The Morgan fingerprint density at radius 1 is 1.45 bits per heavy atom. The monoisotopic (exact) mass is 159 g/mol. The van der Waals surface area contributed by atoms with Crippen LogP contribution in [0.5, 0.6) is 0 Å². The molecular formula is C6H9NO4. The Hall–Kier alpha value is -1.52. The second kappa shape index (κ2) is 5.28. The number of aliphatic hydroxyl groups is 1. The number of aliphatic hydroxyl groups excluding tert-OH is 1. The van der Waals surface area contributed by atoms with Crippen molar-refractivity contribution in [2.75, 3.05) is 6.54 Å². The van der Waals surface area contributed by atoms with Gasteiger partial charge in [-0.2, -0.15) is 0 Å². The highest BCUT2D eigenvalue weighted by molar-refractivity contribution is 5.87. The smallest absolute Gasteiger partial charge is 0.305 e. The SMILES string of the molecule is O=C(O)CCNC(=O)/C=C/O. The lowest BCUT2D eigenvalue weighted by atomic mass is 10.4. The van der Waals surface area contributed by atoms with Gasteiger partial charge in [-0.1, -0.05) is 0 Å². The number of carbonyl (C=O) groups excluding carboxylic acids is 1. The number of carboxylic acids is 1. The van der Waals surface area contributed by atoms with Gasteiger partial charge in [-0.05, 0) is 0 Å². The number of hydrogen-bond donors (Lipinski definition) is 3. The van der Waals surface area contributed by atoms with E-state index in [2.05, 4.69) is 5.32 Å². The lowest BCUT2D eigenvalue weighted by Crippen LogP contribution is -2.23. The van der Waals surface area contributed by atoms with Crippen molar-refractivity contribution in [1.82, 2.24) is 5.32 Å². The summed E-state index contributed by atoms with van der Waals surface area (Å²) < 4.78 is 0. The van der Waals surface area contributed by atoms with Crippen LogP contribution in [-0.4, -0.2) is 28.6 Å². The molecule has 0 aliphatic heterocycles. The molecule has 62 valence electrons. The minimum Gasteiger partial charge on any atom is -0.515 e. The minimum atomic E-state index is -0.974. The van der Waals surface area contributed by atoms with E-state index in [0.29, 0.717) is 6.26 Å². The van der Waals surface area contributed by atoms with Crippen molar-refractivity contribution in [2.45, 2.75) is 6.42 Å². The zero-order valence-electron chi connectivity index (χ0n) is 5.78. The molecular weight excluding hydrogens is 150 g/mol. The lowest BCUT2D eigenvalue weighted by molar-refractivity contribution is -0.136. The largest absolute Gasteiger partial charge is 0.515 e. The molecule has 0 unspecified atom stereocenters. The van der Waals surface area contributed by atoms with Gasteiger partial charge in [0.1, 0.15) is 0 Å². The molecule has 0 aliphatic carbocycles. The first-order valence-corrected chi connectivity index (χ1v) is 2.97.